The largest absolute Gasteiger partial charge is 0.280 e. The highest BCUT2D eigenvalue weighted by molar-refractivity contribution is 7.93. The maximum absolute atomic E-state index is 12.7. The van der Waals surface area contributed by atoms with Crippen LogP contribution in [0.25, 0.3) is 0 Å². The molecular weight excluding hydrogens is 454 g/mol. The van der Waals surface area contributed by atoms with Gasteiger partial charge in [-0.25, -0.2) is 16.8 Å². The van der Waals surface area contributed by atoms with E-state index in [0.29, 0.717) is 11.3 Å². The number of hydrogen-bond acceptors (Lipinski definition) is 6. The van der Waals surface area contributed by atoms with Crippen molar-refractivity contribution in [3.8, 4) is 0 Å². The first kappa shape index (κ1) is 23.2. The van der Waals surface area contributed by atoms with E-state index < -0.39 is 25.0 Å². The van der Waals surface area contributed by atoms with Gasteiger partial charge in [0.2, 0.25) is 0 Å². The van der Waals surface area contributed by atoms with Gasteiger partial charge < -0.3 is 0 Å². The maximum atomic E-state index is 12.7. The van der Waals surface area contributed by atoms with E-state index in [0.717, 1.165) is 17.2 Å². The lowest BCUT2D eigenvalue weighted by Crippen LogP contribution is -2.15. The van der Waals surface area contributed by atoms with Crippen molar-refractivity contribution in [1.29, 1.82) is 0 Å². The third-order valence-electron chi connectivity index (χ3n) is 4.73. The molecule has 9 nitrogen and oxygen atoms in total. The molecule has 11 heteroatoms. The van der Waals surface area contributed by atoms with Crippen LogP contribution in [-0.2, 0) is 20.0 Å². The summed E-state index contributed by atoms with van der Waals surface area (Å²) in [5, 5.41) is 11.1. The molecule has 0 saturated heterocycles. The standard InChI is InChI=1S/C21H21N3O6S2/c1-14-4-11-20(16(3)12-14)23-31(27,28)18-9-6-17(7-10-18)22-32(29,30)19-8-5-15(2)21(13-19)24(25)26/h4-13,22-23H,1-3H3. The molecule has 0 saturated carbocycles. The van der Waals surface area contributed by atoms with Crippen LogP contribution in [0.5, 0.6) is 0 Å². The molecule has 2 N–H and O–H groups in total. The van der Waals surface area contributed by atoms with E-state index in [1.807, 2.05) is 13.0 Å². The Morgan fingerprint density at radius 1 is 0.719 bits per heavy atom. The number of hydrogen-bond donors (Lipinski definition) is 2. The van der Waals surface area contributed by atoms with Gasteiger partial charge in [0, 0.05) is 17.3 Å². The van der Waals surface area contributed by atoms with Crippen LogP contribution in [0.3, 0.4) is 0 Å². The topological polar surface area (TPSA) is 135 Å². The monoisotopic (exact) mass is 475 g/mol. The molecule has 0 bridgehead atoms. The quantitative estimate of drug-likeness (QED) is 0.390. The molecule has 0 heterocycles. The number of sulfonamides is 2. The number of nitro groups is 1. The molecule has 0 aliphatic carbocycles. The Morgan fingerprint density at radius 3 is 1.91 bits per heavy atom. The summed E-state index contributed by atoms with van der Waals surface area (Å²) in [6, 6.07) is 14.0. The number of anilines is 2. The highest BCUT2D eigenvalue weighted by Crippen LogP contribution is 2.25. The second-order valence-electron chi connectivity index (χ2n) is 7.26. The van der Waals surface area contributed by atoms with Crippen LogP contribution in [-0.4, -0.2) is 21.8 Å². The number of benzene rings is 3. The molecular formula is C21H21N3O6S2. The minimum atomic E-state index is -4.11. The summed E-state index contributed by atoms with van der Waals surface area (Å²) in [5.41, 5.74) is 2.35. The average Bonchev–Trinajstić information content (AvgIpc) is 2.70. The summed E-state index contributed by atoms with van der Waals surface area (Å²) in [4.78, 5) is 10.1. The molecule has 0 fully saturated rings. The van der Waals surface area contributed by atoms with Crippen molar-refractivity contribution in [3.63, 3.8) is 0 Å². The minimum Gasteiger partial charge on any atom is -0.280 e. The van der Waals surface area contributed by atoms with Crippen LogP contribution in [0.2, 0.25) is 0 Å². The zero-order valence-electron chi connectivity index (χ0n) is 17.5. The molecule has 3 aromatic carbocycles. The number of nitrogens with one attached hydrogen (secondary N) is 2. The minimum absolute atomic E-state index is 0.0496. The molecule has 0 aromatic heterocycles. The molecule has 32 heavy (non-hydrogen) atoms. The van der Waals surface area contributed by atoms with Gasteiger partial charge in [0.15, 0.2) is 0 Å². The number of rotatable bonds is 7. The highest BCUT2D eigenvalue weighted by Gasteiger charge is 2.21. The first-order valence-electron chi connectivity index (χ1n) is 9.37. The third-order valence-corrected chi connectivity index (χ3v) is 7.49. The number of aryl methyl sites for hydroxylation is 3. The van der Waals surface area contributed by atoms with Crippen LogP contribution in [0, 0.1) is 30.9 Å². The Morgan fingerprint density at radius 2 is 1.31 bits per heavy atom. The molecule has 0 atom stereocenters. The van der Waals surface area contributed by atoms with E-state index in [1.165, 1.54) is 43.3 Å². The molecule has 0 radical (unpaired) electrons. The smallest absolute Gasteiger partial charge is 0.273 e. The predicted octanol–water partition coefficient (Wildman–Crippen LogP) is 4.12. The van der Waals surface area contributed by atoms with Crippen LogP contribution in [0.1, 0.15) is 16.7 Å². The molecule has 168 valence electrons. The molecule has 3 rings (SSSR count). The second-order valence-corrected chi connectivity index (χ2v) is 10.6. The van der Waals surface area contributed by atoms with E-state index in [1.54, 1.807) is 19.1 Å². The van der Waals surface area contributed by atoms with Crippen molar-refractivity contribution in [1.82, 2.24) is 0 Å². The van der Waals surface area contributed by atoms with Gasteiger partial charge in [-0.2, -0.15) is 0 Å². The van der Waals surface area contributed by atoms with Crippen molar-refractivity contribution >= 4 is 37.1 Å². The van der Waals surface area contributed by atoms with Crippen LogP contribution in [0.4, 0.5) is 17.1 Å². The average molecular weight is 476 g/mol. The molecule has 0 aliphatic heterocycles. The molecule has 0 aliphatic rings. The molecule has 0 amide bonds. The number of nitro benzene ring substituents is 1. The van der Waals surface area contributed by atoms with Gasteiger partial charge in [0.25, 0.3) is 25.7 Å². The summed E-state index contributed by atoms with van der Waals surface area (Å²) in [6.45, 7) is 5.20. The van der Waals surface area contributed by atoms with Crippen LogP contribution in [0.15, 0.2) is 70.5 Å². The van der Waals surface area contributed by atoms with Crippen molar-refractivity contribution in [2.75, 3.05) is 9.44 Å². The fourth-order valence-electron chi connectivity index (χ4n) is 3.00. The van der Waals surface area contributed by atoms with Gasteiger partial charge in [-0.1, -0.05) is 23.8 Å². The van der Waals surface area contributed by atoms with Gasteiger partial charge in [-0.05, 0) is 62.7 Å². The maximum Gasteiger partial charge on any atom is 0.273 e. The zero-order valence-corrected chi connectivity index (χ0v) is 19.1. The predicted molar refractivity (Wildman–Crippen MR) is 122 cm³/mol. The van der Waals surface area contributed by atoms with Crippen LogP contribution < -0.4 is 9.44 Å². The Bertz CT molecular complexity index is 1400. The van der Waals surface area contributed by atoms with Crippen molar-refractivity contribution < 1.29 is 21.8 Å². The lowest BCUT2D eigenvalue weighted by atomic mass is 10.1. The lowest BCUT2D eigenvalue weighted by Gasteiger charge is -2.12. The van der Waals surface area contributed by atoms with Gasteiger partial charge in [-0.3, -0.25) is 19.6 Å². The van der Waals surface area contributed by atoms with Crippen molar-refractivity contribution in [2.24, 2.45) is 0 Å². The SMILES string of the molecule is Cc1ccc(NS(=O)(=O)c2ccc(NS(=O)(=O)c3ccc(C)c([N+](=O)[O-])c3)cc2)c(C)c1. The zero-order chi connectivity index (χ0) is 23.7. The van der Waals surface area contributed by atoms with E-state index in [-0.39, 0.29) is 21.2 Å². The van der Waals surface area contributed by atoms with Crippen molar-refractivity contribution in [2.45, 2.75) is 30.6 Å². The fourth-order valence-corrected chi connectivity index (χ4v) is 5.21. The third kappa shape index (κ3) is 5.06. The van der Waals surface area contributed by atoms with Gasteiger partial charge in [0.05, 0.1) is 20.4 Å². The Labute approximate surface area is 186 Å². The first-order chi connectivity index (χ1) is 14.9. The Kier molecular flexibility index (Phi) is 6.24. The molecule has 3 aromatic rings. The molecule has 0 unspecified atom stereocenters. The van der Waals surface area contributed by atoms with Crippen LogP contribution >= 0.6 is 0 Å². The normalized spacial score (nSPS) is 11.7. The van der Waals surface area contributed by atoms with E-state index in [9.17, 15) is 26.9 Å². The number of nitrogens with zero attached hydrogens (tertiary/aromatic N) is 1. The summed E-state index contributed by atoms with van der Waals surface area (Å²) in [6.07, 6.45) is 0. The second kappa shape index (κ2) is 8.60. The Balaban J connectivity index is 1.82. The van der Waals surface area contributed by atoms with E-state index >= 15 is 0 Å². The summed E-state index contributed by atoms with van der Waals surface area (Å²) >= 11 is 0. The lowest BCUT2D eigenvalue weighted by molar-refractivity contribution is -0.385. The summed E-state index contributed by atoms with van der Waals surface area (Å²) in [5.74, 6) is 0. The van der Waals surface area contributed by atoms with Gasteiger partial charge >= 0.3 is 0 Å². The molecule has 0 spiro atoms. The summed E-state index contributed by atoms with van der Waals surface area (Å²) < 4.78 is 55.4. The van der Waals surface area contributed by atoms with Gasteiger partial charge in [-0.15, -0.1) is 0 Å². The fraction of sp³-hybridized carbons (Fsp3) is 0.143. The van der Waals surface area contributed by atoms with E-state index in [4.69, 9.17) is 0 Å². The Hall–Kier alpha value is -3.44. The summed E-state index contributed by atoms with van der Waals surface area (Å²) in [7, 11) is -8.00. The van der Waals surface area contributed by atoms with E-state index in [2.05, 4.69) is 9.44 Å². The highest BCUT2D eigenvalue weighted by atomic mass is 32.2. The van der Waals surface area contributed by atoms with Gasteiger partial charge in [0.1, 0.15) is 0 Å². The first-order valence-corrected chi connectivity index (χ1v) is 12.3. The van der Waals surface area contributed by atoms with Crippen molar-refractivity contribution in [3.05, 3.63) is 87.5 Å².